The van der Waals surface area contributed by atoms with E-state index in [0.717, 1.165) is 24.7 Å². The van der Waals surface area contributed by atoms with E-state index in [1.807, 2.05) is 6.92 Å². The van der Waals surface area contributed by atoms with Crippen molar-refractivity contribution in [3.05, 3.63) is 28.8 Å². The molecule has 0 atom stereocenters. The molecule has 1 saturated carbocycles. The Labute approximate surface area is 106 Å². The largest absolute Gasteiger partial charge is 0.478 e. The monoisotopic (exact) mass is 253 g/mol. The van der Waals surface area contributed by atoms with Crippen LogP contribution >= 0.6 is 11.6 Å². The van der Waals surface area contributed by atoms with Crippen LogP contribution in [0.5, 0.6) is 0 Å². The lowest BCUT2D eigenvalue weighted by Gasteiger charge is -2.24. The van der Waals surface area contributed by atoms with Gasteiger partial charge in [0.1, 0.15) is 0 Å². The van der Waals surface area contributed by atoms with E-state index in [4.69, 9.17) is 11.6 Å². The molecule has 4 heteroatoms. The third-order valence-electron chi connectivity index (χ3n) is 3.09. The van der Waals surface area contributed by atoms with Crippen molar-refractivity contribution in [2.75, 3.05) is 18.0 Å². The maximum absolute atomic E-state index is 11.2. The van der Waals surface area contributed by atoms with E-state index < -0.39 is 5.97 Å². The molecule has 0 radical (unpaired) electrons. The summed E-state index contributed by atoms with van der Waals surface area (Å²) in [7, 11) is 0. The fraction of sp³-hybridized carbons (Fsp3) is 0.462. The number of hydrogen-bond acceptors (Lipinski definition) is 2. The molecule has 1 aliphatic rings. The molecule has 0 aromatic heterocycles. The Kier molecular flexibility index (Phi) is 3.57. The number of carboxylic acids is 1. The van der Waals surface area contributed by atoms with Gasteiger partial charge in [-0.25, -0.2) is 4.79 Å². The van der Waals surface area contributed by atoms with Gasteiger partial charge in [0.05, 0.1) is 11.3 Å². The summed E-state index contributed by atoms with van der Waals surface area (Å²) in [5.41, 5.74) is 1.07. The molecule has 0 unspecified atom stereocenters. The van der Waals surface area contributed by atoms with Crippen LogP contribution in [-0.2, 0) is 0 Å². The average Bonchev–Trinajstić information content (AvgIpc) is 3.10. The maximum atomic E-state index is 11.2. The molecule has 2 rings (SSSR count). The summed E-state index contributed by atoms with van der Waals surface area (Å²) >= 11 is 5.84. The van der Waals surface area contributed by atoms with Gasteiger partial charge in [0.25, 0.3) is 0 Å². The van der Waals surface area contributed by atoms with E-state index >= 15 is 0 Å². The van der Waals surface area contributed by atoms with E-state index in [1.54, 1.807) is 12.1 Å². The van der Waals surface area contributed by atoms with Crippen molar-refractivity contribution in [2.24, 2.45) is 5.92 Å². The predicted molar refractivity (Wildman–Crippen MR) is 69.0 cm³/mol. The van der Waals surface area contributed by atoms with Gasteiger partial charge in [-0.15, -0.1) is 0 Å². The van der Waals surface area contributed by atoms with E-state index in [0.29, 0.717) is 10.6 Å². The van der Waals surface area contributed by atoms with Crippen LogP contribution in [0.4, 0.5) is 5.69 Å². The minimum Gasteiger partial charge on any atom is -0.478 e. The zero-order chi connectivity index (χ0) is 12.4. The van der Waals surface area contributed by atoms with Crippen LogP contribution in [0.1, 0.15) is 30.1 Å². The van der Waals surface area contributed by atoms with Crippen LogP contribution in [-0.4, -0.2) is 24.2 Å². The quantitative estimate of drug-likeness (QED) is 0.876. The minimum atomic E-state index is -0.920. The normalized spacial score (nSPS) is 14.7. The summed E-state index contributed by atoms with van der Waals surface area (Å²) < 4.78 is 0. The molecular weight excluding hydrogens is 238 g/mol. The first kappa shape index (κ1) is 12.2. The van der Waals surface area contributed by atoms with E-state index in [9.17, 15) is 9.90 Å². The zero-order valence-corrected chi connectivity index (χ0v) is 10.6. The molecule has 17 heavy (non-hydrogen) atoms. The number of hydrogen-bond donors (Lipinski definition) is 1. The SMILES string of the molecule is CCN(CC1CC1)c1ccc(Cl)cc1C(=O)O. The molecule has 92 valence electrons. The molecule has 1 aromatic carbocycles. The van der Waals surface area contributed by atoms with Crippen LogP contribution in [0, 0.1) is 5.92 Å². The molecule has 0 spiro atoms. The summed E-state index contributed by atoms with van der Waals surface area (Å²) in [6, 6.07) is 5.07. The molecule has 0 bridgehead atoms. The standard InChI is InChI=1S/C13H16ClNO2/c1-2-15(8-9-3-4-9)12-6-5-10(14)7-11(12)13(16)17/h5-7,9H,2-4,8H2,1H3,(H,16,17). The first-order chi connectivity index (χ1) is 8.11. The van der Waals surface area contributed by atoms with E-state index in [2.05, 4.69) is 4.90 Å². The Bertz CT molecular complexity index is 429. The minimum absolute atomic E-state index is 0.292. The Morgan fingerprint density at radius 1 is 1.53 bits per heavy atom. The Morgan fingerprint density at radius 2 is 2.24 bits per heavy atom. The lowest BCUT2D eigenvalue weighted by Crippen LogP contribution is -2.27. The van der Waals surface area contributed by atoms with Gasteiger partial charge in [0.15, 0.2) is 0 Å². The molecule has 3 nitrogen and oxygen atoms in total. The molecular formula is C13H16ClNO2. The van der Waals surface area contributed by atoms with Gasteiger partial charge in [-0.05, 0) is 43.9 Å². The lowest BCUT2D eigenvalue weighted by atomic mass is 10.1. The van der Waals surface area contributed by atoms with E-state index in [-0.39, 0.29) is 0 Å². The number of aromatic carboxylic acids is 1. The van der Waals surface area contributed by atoms with Gasteiger partial charge in [-0.2, -0.15) is 0 Å². The van der Waals surface area contributed by atoms with Crippen molar-refractivity contribution in [1.82, 2.24) is 0 Å². The summed E-state index contributed by atoms with van der Waals surface area (Å²) in [4.78, 5) is 13.3. The second-order valence-corrected chi connectivity index (χ2v) is 4.89. The number of anilines is 1. The Hall–Kier alpha value is -1.22. The number of rotatable bonds is 5. The number of benzene rings is 1. The number of halogens is 1. The Morgan fingerprint density at radius 3 is 2.76 bits per heavy atom. The van der Waals surface area contributed by atoms with Crippen molar-refractivity contribution in [1.29, 1.82) is 0 Å². The fourth-order valence-corrected chi connectivity index (χ4v) is 2.14. The zero-order valence-electron chi connectivity index (χ0n) is 9.82. The summed E-state index contributed by atoms with van der Waals surface area (Å²) in [5, 5.41) is 9.67. The van der Waals surface area contributed by atoms with Crippen LogP contribution in [0.2, 0.25) is 5.02 Å². The summed E-state index contributed by atoms with van der Waals surface area (Å²) in [6.07, 6.45) is 2.51. The highest BCUT2D eigenvalue weighted by atomic mass is 35.5. The summed E-state index contributed by atoms with van der Waals surface area (Å²) in [6.45, 7) is 3.81. The molecule has 1 aliphatic carbocycles. The number of carboxylic acid groups (broad SMARTS) is 1. The van der Waals surface area contributed by atoms with Gasteiger partial charge in [0, 0.05) is 18.1 Å². The van der Waals surface area contributed by atoms with Crippen molar-refractivity contribution in [3.63, 3.8) is 0 Å². The van der Waals surface area contributed by atoms with Gasteiger partial charge in [-0.3, -0.25) is 0 Å². The number of carbonyl (C=O) groups is 1. The predicted octanol–water partition coefficient (Wildman–Crippen LogP) is 3.27. The third-order valence-corrected chi connectivity index (χ3v) is 3.32. The van der Waals surface area contributed by atoms with Gasteiger partial charge >= 0.3 is 5.97 Å². The van der Waals surface area contributed by atoms with Crippen molar-refractivity contribution < 1.29 is 9.90 Å². The van der Waals surface area contributed by atoms with Gasteiger partial charge in [0.2, 0.25) is 0 Å². The first-order valence-electron chi connectivity index (χ1n) is 5.89. The van der Waals surface area contributed by atoms with Crippen LogP contribution in [0.3, 0.4) is 0 Å². The molecule has 0 saturated heterocycles. The molecule has 1 fully saturated rings. The first-order valence-corrected chi connectivity index (χ1v) is 6.27. The van der Waals surface area contributed by atoms with Crippen LogP contribution in [0.15, 0.2) is 18.2 Å². The van der Waals surface area contributed by atoms with Gasteiger partial charge in [-0.1, -0.05) is 11.6 Å². The summed E-state index contributed by atoms with van der Waals surface area (Å²) in [5.74, 6) is -0.191. The number of nitrogens with zero attached hydrogens (tertiary/aromatic N) is 1. The molecule has 1 N–H and O–H groups in total. The topological polar surface area (TPSA) is 40.5 Å². The van der Waals surface area contributed by atoms with Crippen LogP contribution in [0.25, 0.3) is 0 Å². The second-order valence-electron chi connectivity index (χ2n) is 4.45. The molecule has 1 aromatic rings. The van der Waals surface area contributed by atoms with E-state index in [1.165, 1.54) is 18.9 Å². The highest BCUT2D eigenvalue weighted by Crippen LogP contribution is 2.33. The van der Waals surface area contributed by atoms with Crippen molar-refractivity contribution in [2.45, 2.75) is 19.8 Å². The smallest absolute Gasteiger partial charge is 0.337 e. The Balaban J connectivity index is 2.30. The highest BCUT2D eigenvalue weighted by Gasteiger charge is 2.25. The van der Waals surface area contributed by atoms with Crippen molar-refractivity contribution >= 4 is 23.3 Å². The maximum Gasteiger partial charge on any atom is 0.337 e. The van der Waals surface area contributed by atoms with Crippen molar-refractivity contribution in [3.8, 4) is 0 Å². The molecule has 0 aliphatic heterocycles. The molecule has 0 heterocycles. The van der Waals surface area contributed by atoms with Crippen LogP contribution < -0.4 is 4.90 Å². The molecule has 0 amide bonds. The lowest BCUT2D eigenvalue weighted by molar-refractivity contribution is 0.0697. The van der Waals surface area contributed by atoms with Gasteiger partial charge < -0.3 is 10.0 Å². The fourth-order valence-electron chi connectivity index (χ4n) is 1.97. The highest BCUT2D eigenvalue weighted by molar-refractivity contribution is 6.31. The third kappa shape index (κ3) is 2.91. The second kappa shape index (κ2) is 4.96. The average molecular weight is 254 g/mol.